The molecule has 1 aliphatic rings. The van der Waals surface area contributed by atoms with Gasteiger partial charge in [0.25, 0.3) is 0 Å². The summed E-state index contributed by atoms with van der Waals surface area (Å²) in [6.07, 6.45) is 3.88. The monoisotopic (exact) mass is 220 g/mol. The Labute approximate surface area is 86.5 Å². The lowest BCUT2D eigenvalue weighted by Crippen LogP contribution is -2.34. The maximum absolute atomic E-state index is 11.1. The summed E-state index contributed by atoms with van der Waals surface area (Å²) in [5, 5.41) is 3.23. The molecule has 1 rings (SSSR count). The molecule has 5 heteroatoms. The number of sulfonamides is 1. The summed E-state index contributed by atoms with van der Waals surface area (Å²) in [4.78, 5) is 0. The van der Waals surface area contributed by atoms with Crippen molar-refractivity contribution in [2.75, 3.05) is 19.3 Å². The van der Waals surface area contributed by atoms with Crippen molar-refractivity contribution in [3.05, 3.63) is 0 Å². The van der Waals surface area contributed by atoms with E-state index in [1.54, 1.807) is 0 Å². The van der Waals surface area contributed by atoms with E-state index in [2.05, 4.69) is 17.0 Å². The quantitative estimate of drug-likeness (QED) is 0.649. The maximum Gasteiger partial charge on any atom is 0.212 e. The van der Waals surface area contributed by atoms with E-state index in [4.69, 9.17) is 0 Å². The molecule has 0 bridgehead atoms. The van der Waals surface area contributed by atoms with E-state index < -0.39 is 10.0 Å². The Morgan fingerprint density at radius 1 is 1.43 bits per heavy atom. The fourth-order valence-corrected chi connectivity index (χ4v) is 2.07. The molecule has 0 heterocycles. The van der Waals surface area contributed by atoms with Gasteiger partial charge in [-0.3, -0.25) is 0 Å². The average molecular weight is 220 g/mol. The number of hydrogen-bond acceptors (Lipinski definition) is 3. The molecular formula is C9H20N2O2S. The van der Waals surface area contributed by atoms with Gasteiger partial charge < -0.3 is 5.32 Å². The zero-order chi connectivity index (χ0) is 10.6. The summed E-state index contributed by atoms with van der Waals surface area (Å²) in [6, 6.07) is 0.439. The second-order valence-electron chi connectivity index (χ2n) is 4.06. The minimum absolute atomic E-state index is 0.165. The Balaban J connectivity index is 2.07. The van der Waals surface area contributed by atoms with Crippen molar-refractivity contribution in [2.24, 2.45) is 5.92 Å². The van der Waals surface area contributed by atoms with Crippen LogP contribution in [0.15, 0.2) is 0 Å². The van der Waals surface area contributed by atoms with Crippen LogP contribution in [0.2, 0.25) is 0 Å². The molecule has 2 N–H and O–H groups in total. The van der Waals surface area contributed by atoms with Crippen molar-refractivity contribution < 1.29 is 8.42 Å². The van der Waals surface area contributed by atoms with E-state index in [1.165, 1.54) is 26.3 Å². The van der Waals surface area contributed by atoms with Gasteiger partial charge in [-0.05, 0) is 26.3 Å². The number of rotatable bonds is 7. The first-order chi connectivity index (χ1) is 6.53. The normalized spacial score (nSPS) is 19.6. The van der Waals surface area contributed by atoms with Gasteiger partial charge in [-0.2, -0.15) is 0 Å². The SMILES string of the molecule is CNS(=O)(=O)CCNC(C)CC1CC1. The zero-order valence-corrected chi connectivity index (χ0v) is 9.73. The molecule has 0 aliphatic heterocycles. The van der Waals surface area contributed by atoms with Crippen LogP contribution in [0.25, 0.3) is 0 Å². The summed E-state index contributed by atoms with van der Waals surface area (Å²) >= 11 is 0. The van der Waals surface area contributed by atoms with Gasteiger partial charge in [0.2, 0.25) is 10.0 Å². The van der Waals surface area contributed by atoms with Crippen LogP contribution < -0.4 is 10.0 Å². The molecule has 0 radical (unpaired) electrons. The number of hydrogen-bond donors (Lipinski definition) is 2. The van der Waals surface area contributed by atoms with Gasteiger partial charge in [-0.25, -0.2) is 13.1 Å². The van der Waals surface area contributed by atoms with Crippen LogP contribution in [-0.4, -0.2) is 33.8 Å². The molecule has 1 unspecified atom stereocenters. The van der Waals surface area contributed by atoms with E-state index in [1.807, 2.05) is 0 Å². The second-order valence-corrected chi connectivity index (χ2v) is 6.10. The third kappa shape index (κ3) is 4.93. The fourth-order valence-electron chi connectivity index (χ4n) is 1.48. The third-order valence-electron chi connectivity index (χ3n) is 2.56. The largest absolute Gasteiger partial charge is 0.313 e. The average Bonchev–Trinajstić information content (AvgIpc) is 2.88. The predicted molar refractivity (Wildman–Crippen MR) is 57.7 cm³/mol. The van der Waals surface area contributed by atoms with Crippen molar-refractivity contribution in [3.63, 3.8) is 0 Å². The lowest BCUT2D eigenvalue weighted by atomic mass is 10.2. The Bertz CT molecular complexity index is 260. The lowest BCUT2D eigenvalue weighted by Gasteiger charge is -2.12. The first-order valence-corrected chi connectivity index (χ1v) is 6.83. The van der Waals surface area contributed by atoms with E-state index >= 15 is 0 Å². The molecule has 84 valence electrons. The van der Waals surface area contributed by atoms with Gasteiger partial charge in [-0.1, -0.05) is 12.8 Å². The van der Waals surface area contributed by atoms with Gasteiger partial charge in [0.05, 0.1) is 5.75 Å². The van der Waals surface area contributed by atoms with Crippen molar-refractivity contribution in [2.45, 2.75) is 32.2 Å². The van der Waals surface area contributed by atoms with Gasteiger partial charge in [-0.15, -0.1) is 0 Å². The Kier molecular flexibility index (Phi) is 4.34. The molecular weight excluding hydrogens is 200 g/mol. The molecule has 0 saturated heterocycles. The fraction of sp³-hybridized carbons (Fsp3) is 1.00. The maximum atomic E-state index is 11.1. The first kappa shape index (κ1) is 11.9. The summed E-state index contributed by atoms with van der Waals surface area (Å²) in [6.45, 7) is 2.65. The van der Waals surface area contributed by atoms with Gasteiger partial charge in [0.1, 0.15) is 0 Å². The first-order valence-electron chi connectivity index (χ1n) is 5.18. The highest BCUT2D eigenvalue weighted by Gasteiger charge is 2.23. The molecule has 0 aromatic heterocycles. The smallest absolute Gasteiger partial charge is 0.212 e. The Hall–Kier alpha value is -0.130. The van der Waals surface area contributed by atoms with Crippen molar-refractivity contribution in [1.29, 1.82) is 0 Å². The van der Waals surface area contributed by atoms with Crippen LogP contribution in [0, 0.1) is 5.92 Å². The highest BCUT2D eigenvalue weighted by molar-refractivity contribution is 7.89. The molecule has 0 amide bonds. The molecule has 1 atom stereocenters. The summed E-state index contributed by atoms with van der Waals surface area (Å²) in [5.41, 5.74) is 0. The van der Waals surface area contributed by atoms with Gasteiger partial charge >= 0.3 is 0 Å². The molecule has 1 fully saturated rings. The zero-order valence-electron chi connectivity index (χ0n) is 8.91. The highest BCUT2D eigenvalue weighted by Crippen LogP contribution is 2.33. The highest BCUT2D eigenvalue weighted by atomic mass is 32.2. The van der Waals surface area contributed by atoms with Crippen molar-refractivity contribution in [3.8, 4) is 0 Å². The van der Waals surface area contributed by atoms with E-state index in [0.717, 1.165) is 5.92 Å². The van der Waals surface area contributed by atoms with Crippen molar-refractivity contribution in [1.82, 2.24) is 10.0 Å². The standard InChI is InChI=1S/C9H20N2O2S/c1-8(7-9-3-4-9)11-5-6-14(12,13)10-2/h8-11H,3-7H2,1-2H3. The van der Waals surface area contributed by atoms with Crippen LogP contribution in [0.4, 0.5) is 0 Å². The summed E-state index contributed by atoms with van der Waals surface area (Å²) in [7, 11) is -1.59. The Morgan fingerprint density at radius 3 is 2.57 bits per heavy atom. The molecule has 4 nitrogen and oxygen atoms in total. The predicted octanol–water partition coefficient (Wildman–Crippen LogP) is 0.314. The number of nitrogens with one attached hydrogen (secondary N) is 2. The molecule has 14 heavy (non-hydrogen) atoms. The minimum Gasteiger partial charge on any atom is -0.313 e. The van der Waals surface area contributed by atoms with Gasteiger partial charge in [0, 0.05) is 12.6 Å². The Morgan fingerprint density at radius 2 is 2.07 bits per heavy atom. The topological polar surface area (TPSA) is 58.2 Å². The summed E-state index contributed by atoms with van der Waals surface area (Å²) < 4.78 is 24.4. The van der Waals surface area contributed by atoms with Crippen LogP contribution >= 0.6 is 0 Å². The van der Waals surface area contributed by atoms with Crippen LogP contribution in [0.1, 0.15) is 26.2 Å². The van der Waals surface area contributed by atoms with Crippen LogP contribution in [0.5, 0.6) is 0 Å². The molecule has 0 aromatic rings. The molecule has 0 aromatic carbocycles. The van der Waals surface area contributed by atoms with Crippen molar-refractivity contribution >= 4 is 10.0 Å². The van der Waals surface area contributed by atoms with Crippen LogP contribution in [0.3, 0.4) is 0 Å². The molecule has 1 saturated carbocycles. The second kappa shape index (κ2) is 5.09. The third-order valence-corrected chi connectivity index (χ3v) is 3.92. The van der Waals surface area contributed by atoms with Gasteiger partial charge in [0.15, 0.2) is 0 Å². The van der Waals surface area contributed by atoms with E-state index in [-0.39, 0.29) is 5.75 Å². The molecule has 1 aliphatic carbocycles. The molecule has 0 spiro atoms. The minimum atomic E-state index is -3.04. The van der Waals surface area contributed by atoms with Crippen LogP contribution in [-0.2, 0) is 10.0 Å². The summed E-state index contributed by atoms with van der Waals surface area (Å²) in [5.74, 6) is 1.05. The van der Waals surface area contributed by atoms with E-state index in [0.29, 0.717) is 12.6 Å². The van der Waals surface area contributed by atoms with E-state index in [9.17, 15) is 8.42 Å². The lowest BCUT2D eigenvalue weighted by molar-refractivity contribution is 0.499.